The Morgan fingerprint density at radius 2 is 1.61 bits per heavy atom. The maximum atomic E-state index is 5.77. The Hall–Kier alpha value is -2.19. The number of nitrogens with zero attached hydrogens (tertiary/aromatic N) is 1. The zero-order valence-corrected chi connectivity index (χ0v) is 10.0. The fourth-order valence-electron chi connectivity index (χ4n) is 2.16. The zero-order chi connectivity index (χ0) is 12.4. The monoisotopic (exact) mass is 234 g/mol. The second kappa shape index (κ2) is 4.59. The number of rotatable bonds is 2. The maximum absolute atomic E-state index is 5.77. The van der Waals surface area contributed by atoms with E-state index in [1.807, 2.05) is 36.4 Å². The van der Waals surface area contributed by atoms with Gasteiger partial charge in [0.2, 0.25) is 0 Å². The number of nitrogens with two attached hydrogens (primary N) is 1. The van der Waals surface area contributed by atoms with Crippen LogP contribution in [0.2, 0.25) is 0 Å². The Labute approximate surface area is 106 Å². The molecule has 2 nitrogen and oxygen atoms in total. The van der Waals surface area contributed by atoms with E-state index in [-0.39, 0.29) is 0 Å². The first-order valence-electron chi connectivity index (χ1n) is 6.02. The lowest BCUT2D eigenvalue weighted by molar-refractivity contribution is 1.07. The summed E-state index contributed by atoms with van der Waals surface area (Å²) in [4.78, 5) is 4.70. The lowest BCUT2D eigenvalue weighted by Crippen LogP contribution is -1.99. The average Bonchev–Trinajstić information content (AvgIpc) is 2.46. The molecule has 2 heteroatoms. The van der Waals surface area contributed by atoms with E-state index in [0.717, 1.165) is 27.7 Å². The fraction of sp³-hybridized carbons (Fsp3) is 0.0625. The maximum Gasteiger partial charge on any atom is 0.0712 e. The quantitative estimate of drug-likeness (QED) is 0.738. The standard InChI is InChI=1S/C16H14N2/c17-11-13-6-1-3-7-14(13)16-10-9-12-5-2-4-8-15(12)18-16/h1-10H,11,17H2. The van der Waals surface area contributed by atoms with Gasteiger partial charge in [-0.05, 0) is 17.7 Å². The van der Waals surface area contributed by atoms with Gasteiger partial charge in [-0.25, -0.2) is 4.98 Å². The first kappa shape index (κ1) is 10.9. The fourth-order valence-corrected chi connectivity index (χ4v) is 2.16. The van der Waals surface area contributed by atoms with Crippen LogP contribution in [0.3, 0.4) is 0 Å². The van der Waals surface area contributed by atoms with E-state index < -0.39 is 0 Å². The molecule has 2 N–H and O–H groups in total. The second-order valence-electron chi connectivity index (χ2n) is 4.25. The SMILES string of the molecule is NCc1ccccc1-c1ccc2ccccc2n1. The summed E-state index contributed by atoms with van der Waals surface area (Å²) in [5, 5.41) is 1.16. The van der Waals surface area contributed by atoms with Crippen LogP contribution >= 0.6 is 0 Å². The molecule has 0 atom stereocenters. The lowest BCUT2D eigenvalue weighted by Gasteiger charge is -2.07. The van der Waals surface area contributed by atoms with E-state index in [0.29, 0.717) is 6.54 Å². The number of hydrogen-bond donors (Lipinski definition) is 1. The number of hydrogen-bond acceptors (Lipinski definition) is 2. The molecule has 0 spiro atoms. The second-order valence-corrected chi connectivity index (χ2v) is 4.25. The molecule has 3 rings (SSSR count). The van der Waals surface area contributed by atoms with Gasteiger partial charge < -0.3 is 5.73 Å². The van der Waals surface area contributed by atoms with Crippen LogP contribution in [-0.4, -0.2) is 4.98 Å². The highest BCUT2D eigenvalue weighted by Crippen LogP contribution is 2.23. The molecule has 0 saturated carbocycles. The van der Waals surface area contributed by atoms with Crippen LogP contribution in [0.1, 0.15) is 5.56 Å². The van der Waals surface area contributed by atoms with Crippen molar-refractivity contribution in [2.24, 2.45) is 5.73 Å². The molecule has 0 aliphatic rings. The Morgan fingerprint density at radius 3 is 2.50 bits per heavy atom. The highest BCUT2D eigenvalue weighted by atomic mass is 14.7. The van der Waals surface area contributed by atoms with Gasteiger partial charge in [0.25, 0.3) is 0 Å². The molecular formula is C16H14N2. The molecule has 2 aromatic carbocycles. The van der Waals surface area contributed by atoms with Gasteiger partial charge in [-0.3, -0.25) is 0 Å². The minimum Gasteiger partial charge on any atom is -0.326 e. The highest BCUT2D eigenvalue weighted by Gasteiger charge is 2.05. The normalized spacial score (nSPS) is 10.7. The third kappa shape index (κ3) is 1.87. The van der Waals surface area contributed by atoms with Crippen LogP contribution < -0.4 is 5.73 Å². The Balaban J connectivity index is 2.19. The molecule has 3 aromatic rings. The van der Waals surface area contributed by atoms with Gasteiger partial charge in [0.05, 0.1) is 11.2 Å². The summed E-state index contributed by atoms with van der Waals surface area (Å²) in [6.45, 7) is 0.532. The summed E-state index contributed by atoms with van der Waals surface area (Å²) >= 11 is 0. The Morgan fingerprint density at radius 1 is 0.833 bits per heavy atom. The minimum absolute atomic E-state index is 0.532. The predicted molar refractivity (Wildman–Crippen MR) is 75.1 cm³/mol. The number of aromatic nitrogens is 1. The van der Waals surface area contributed by atoms with Gasteiger partial charge in [0.15, 0.2) is 0 Å². The van der Waals surface area contributed by atoms with Gasteiger partial charge in [-0.2, -0.15) is 0 Å². The summed E-state index contributed by atoms with van der Waals surface area (Å²) < 4.78 is 0. The molecule has 88 valence electrons. The lowest BCUT2D eigenvalue weighted by atomic mass is 10.0. The summed E-state index contributed by atoms with van der Waals surface area (Å²) in [7, 11) is 0. The van der Waals surface area contributed by atoms with E-state index in [2.05, 4.69) is 24.3 Å². The number of pyridine rings is 1. The topological polar surface area (TPSA) is 38.9 Å². The number of fused-ring (bicyclic) bond motifs is 1. The van der Waals surface area contributed by atoms with Crippen molar-refractivity contribution in [1.29, 1.82) is 0 Å². The molecule has 1 aromatic heterocycles. The summed E-state index contributed by atoms with van der Waals surface area (Å²) in [5.41, 5.74) is 10.0. The largest absolute Gasteiger partial charge is 0.326 e. The molecule has 0 radical (unpaired) electrons. The molecule has 1 heterocycles. The third-order valence-corrected chi connectivity index (χ3v) is 3.11. The molecule has 0 aliphatic heterocycles. The van der Waals surface area contributed by atoms with Crippen LogP contribution in [0.5, 0.6) is 0 Å². The van der Waals surface area contributed by atoms with E-state index in [1.165, 1.54) is 0 Å². The smallest absolute Gasteiger partial charge is 0.0712 e. The summed E-state index contributed by atoms with van der Waals surface area (Å²) in [6.07, 6.45) is 0. The molecule has 0 saturated heterocycles. The van der Waals surface area contributed by atoms with Crippen LogP contribution in [0.25, 0.3) is 22.2 Å². The number of para-hydroxylation sites is 1. The third-order valence-electron chi connectivity index (χ3n) is 3.11. The minimum atomic E-state index is 0.532. The highest BCUT2D eigenvalue weighted by molar-refractivity contribution is 5.81. The predicted octanol–water partition coefficient (Wildman–Crippen LogP) is 3.36. The summed E-state index contributed by atoms with van der Waals surface area (Å²) in [5.74, 6) is 0. The Bertz CT molecular complexity index is 689. The molecular weight excluding hydrogens is 220 g/mol. The molecule has 0 fully saturated rings. The molecule has 18 heavy (non-hydrogen) atoms. The van der Waals surface area contributed by atoms with Crippen LogP contribution in [0.15, 0.2) is 60.7 Å². The first-order valence-corrected chi connectivity index (χ1v) is 6.02. The van der Waals surface area contributed by atoms with E-state index >= 15 is 0 Å². The van der Waals surface area contributed by atoms with Crippen LogP contribution in [-0.2, 0) is 6.54 Å². The van der Waals surface area contributed by atoms with E-state index in [4.69, 9.17) is 10.7 Å². The van der Waals surface area contributed by atoms with Crippen molar-refractivity contribution in [2.75, 3.05) is 0 Å². The van der Waals surface area contributed by atoms with Crippen LogP contribution in [0, 0.1) is 0 Å². The van der Waals surface area contributed by atoms with Crippen LogP contribution in [0.4, 0.5) is 0 Å². The van der Waals surface area contributed by atoms with Crippen molar-refractivity contribution in [2.45, 2.75) is 6.54 Å². The van der Waals surface area contributed by atoms with Gasteiger partial charge in [-0.1, -0.05) is 48.5 Å². The molecule has 0 unspecified atom stereocenters. The Kier molecular flexibility index (Phi) is 2.79. The van der Waals surface area contributed by atoms with E-state index in [1.54, 1.807) is 0 Å². The van der Waals surface area contributed by atoms with Gasteiger partial charge in [0.1, 0.15) is 0 Å². The average molecular weight is 234 g/mol. The van der Waals surface area contributed by atoms with Gasteiger partial charge >= 0.3 is 0 Å². The van der Waals surface area contributed by atoms with Crippen molar-refractivity contribution < 1.29 is 0 Å². The molecule has 0 bridgehead atoms. The molecule has 0 amide bonds. The van der Waals surface area contributed by atoms with Gasteiger partial charge in [0, 0.05) is 17.5 Å². The van der Waals surface area contributed by atoms with E-state index in [9.17, 15) is 0 Å². The number of benzene rings is 2. The van der Waals surface area contributed by atoms with Crippen molar-refractivity contribution in [1.82, 2.24) is 4.98 Å². The van der Waals surface area contributed by atoms with Crippen molar-refractivity contribution in [3.05, 3.63) is 66.2 Å². The van der Waals surface area contributed by atoms with Crippen molar-refractivity contribution in [3.63, 3.8) is 0 Å². The van der Waals surface area contributed by atoms with Crippen molar-refractivity contribution >= 4 is 10.9 Å². The zero-order valence-electron chi connectivity index (χ0n) is 10.0. The summed E-state index contributed by atoms with van der Waals surface area (Å²) in [6, 6.07) is 20.4. The van der Waals surface area contributed by atoms with Crippen molar-refractivity contribution in [3.8, 4) is 11.3 Å². The van der Waals surface area contributed by atoms with Gasteiger partial charge in [-0.15, -0.1) is 0 Å². The first-order chi connectivity index (χ1) is 8.88. The molecule has 0 aliphatic carbocycles.